The van der Waals surface area contributed by atoms with Gasteiger partial charge in [-0.25, -0.2) is 15.1 Å². The number of nitrogens with zero attached hydrogens (tertiary/aromatic N) is 8. The number of rotatable bonds is 6. The highest BCUT2D eigenvalue weighted by Gasteiger charge is 2.42. The van der Waals surface area contributed by atoms with Gasteiger partial charge in [0.25, 0.3) is 11.5 Å². The van der Waals surface area contributed by atoms with Crippen LogP contribution in [-0.2, 0) is 12.7 Å². The molecule has 1 atom stereocenters. The number of H-pyrrole nitrogens is 1. The monoisotopic (exact) mass is 603 g/mol. The van der Waals surface area contributed by atoms with Crippen molar-refractivity contribution < 1.29 is 22.7 Å². The maximum atomic E-state index is 13.9. The van der Waals surface area contributed by atoms with E-state index in [9.17, 15) is 22.8 Å². The summed E-state index contributed by atoms with van der Waals surface area (Å²) in [5.41, 5.74) is -0.976. The second kappa shape index (κ2) is 11.6. The maximum Gasteiger partial charge on any atom is 0.423 e. The second-order valence-corrected chi connectivity index (χ2v) is 10.1. The predicted molar refractivity (Wildman–Crippen MR) is 150 cm³/mol. The number of aromatic amines is 1. The Morgan fingerprint density at radius 3 is 2.59 bits per heavy atom. The van der Waals surface area contributed by atoms with Crippen LogP contribution in [0.25, 0.3) is 0 Å². The SMILES string of the molecule is N#Cc1ccc(N2CCN(C(=O)c3ccnc(OC[C@H]4c5ccccc5CN4c4cn[nH]c(=O)c4C(F)(F)F)n3)CC2)nc1. The molecule has 1 N–H and O–H groups in total. The van der Waals surface area contributed by atoms with Gasteiger partial charge in [0.1, 0.15) is 29.8 Å². The van der Waals surface area contributed by atoms with Crippen LogP contribution in [0.5, 0.6) is 6.01 Å². The molecule has 0 unspecified atom stereocenters. The van der Waals surface area contributed by atoms with E-state index >= 15 is 0 Å². The van der Waals surface area contributed by atoms with Crippen molar-refractivity contribution in [2.45, 2.75) is 18.8 Å². The minimum absolute atomic E-state index is 0.0990. The van der Waals surface area contributed by atoms with Crippen LogP contribution in [-0.4, -0.2) is 68.7 Å². The molecular weight excluding hydrogens is 579 g/mol. The van der Waals surface area contributed by atoms with E-state index in [1.165, 1.54) is 23.4 Å². The van der Waals surface area contributed by atoms with Crippen LogP contribution in [0.1, 0.15) is 38.8 Å². The lowest BCUT2D eigenvalue weighted by molar-refractivity contribution is -0.138. The van der Waals surface area contributed by atoms with Crippen molar-refractivity contribution in [1.29, 1.82) is 5.26 Å². The van der Waals surface area contributed by atoms with Crippen molar-refractivity contribution >= 4 is 17.4 Å². The van der Waals surface area contributed by atoms with Gasteiger partial charge in [-0.3, -0.25) is 9.59 Å². The number of fused-ring (bicyclic) bond motifs is 1. The van der Waals surface area contributed by atoms with Gasteiger partial charge >= 0.3 is 12.2 Å². The summed E-state index contributed by atoms with van der Waals surface area (Å²) in [6, 6.07) is 13.3. The van der Waals surface area contributed by atoms with Crippen LogP contribution < -0.4 is 20.1 Å². The van der Waals surface area contributed by atoms with Gasteiger partial charge in [0.2, 0.25) is 0 Å². The number of hydrogen-bond donors (Lipinski definition) is 1. The normalized spacial score (nSPS) is 16.4. The molecule has 2 aliphatic rings. The fraction of sp³-hybridized carbons (Fsp3) is 0.276. The highest BCUT2D eigenvalue weighted by Crippen LogP contribution is 2.42. The van der Waals surface area contributed by atoms with E-state index in [4.69, 9.17) is 10.00 Å². The van der Waals surface area contributed by atoms with E-state index in [0.29, 0.717) is 31.7 Å². The number of anilines is 2. The molecule has 1 amide bonds. The number of carbonyl (C=O) groups is 1. The van der Waals surface area contributed by atoms with Gasteiger partial charge in [-0.15, -0.1) is 0 Å². The number of nitriles is 1. The van der Waals surface area contributed by atoms with E-state index in [1.54, 1.807) is 41.3 Å². The maximum absolute atomic E-state index is 13.9. The number of piperazine rings is 1. The van der Waals surface area contributed by atoms with Crippen LogP contribution in [0.3, 0.4) is 0 Å². The quantitative estimate of drug-likeness (QED) is 0.349. The molecule has 5 heterocycles. The number of nitrogens with one attached hydrogen (secondary N) is 1. The molecule has 1 saturated heterocycles. The fourth-order valence-electron chi connectivity index (χ4n) is 5.40. The standard InChI is InChI=1S/C29H24F3N9O3/c30-29(31,32)25-22(15-36-38-26(25)42)41-16-19-3-1-2-4-20(19)23(41)17-44-28-34-8-7-21(37-28)27(43)40-11-9-39(10-12-40)24-6-5-18(13-33)14-35-24/h1-8,14-15,23H,9-12,16-17H2,(H,38,42)/t23-/m0/s1. The number of alkyl halides is 3. The molecule has 0 saturated carbocycles. The van der Waals surface area contributed by atoms with Crippen molar-refractivity contribution in [2.75, 3.05) is 42.6 Å². The van der Waals surface area contributed by atoms with Crippen molar-refractivity contribution in [1.82, 2.24) is 30.0 Å². The Hall–Kier alpha value is -5.52. The molecule has 0 spiro atoms. The first-order chi connectivity index (χ1) is 21.2. The van der Waals surface area contributed by atoms with Gasteiger partial charge in [0.05, 0.1) is 23.5 Å². The Morgan fingerprint density at radius 1 is 1.07 bits per heavy atom. The van der Waals surface area contributed by atoms with Gasteiger partial charge in [0.15, 0.2) is 0 Å². The molecule has 3 aromatic heterocycles. The third-order valence-corrected chi connectivity index (χ3v) is 7.55. The first-order valence-electron chi connectivity index (χ1n) is 13.6. The molecule has 15 heteroatoms. The zero-order valence-corrected chi connectivity index (χ0v) is 23.0. The third kappa shape index (κ3) is 5.61. The molecule has 12 nitrogen and oxygen atoms in total. The number of carbonyl (C=O) groups excluding carboxylic acids is 1. The summed E-state index contributed by atoms with van der Waals surface area (Å²) in [6.07, 6.45) is -1.04. The fourth-order valence-corrected chi connectivity index (χ4v) is 5.40. The van der Waals surface area contributed by atoms with E-state index in [-0.39, 0.29) is 36.5 Å². The molecule has 0 aliphatic carbocycles. The molecule has 0 bridgehead atoms. The van der Waals surface area contributed by atoms with E-state index in [0.717, 1.165) is 23.1 Å². The van der Waals surface area contributed by atoms with Gasteiger partial charge in [0, 0.05) is 45.1 Å². The topological polar surface area (TPSA) is 144 Å². The van der Waals surface area contributed by atoms with Crippen molar-refractivity contribution in [2.24, 2.45) is 0 Å². The number of amides is 1. The Kier molecular flexibility index (Phi) is 7.56. The van der Waals surface area contributed by atoms with Crippen LogP contribution in [0.2, 0.25) is 0 Å². The van der Waals surface area contributed by atoms with Crippen LogP contribution in [0.15, 0.2) is 65.8 Å². The summed E-state index contributed by atoms with van der Waals surface area (Å²) in [6.45, 7) is 1.84. The van der Waals surface area contributed by atoms with Gasteiger partial charge < -0.3 is 19.4 Å². The Morgan fingerprint density at radius 2 is 1.86 bits per heavy atom. The third-order valence-electron chi connectivity index (χ3n) is 7.55. The van der Waals surface area contributed by atoms with Crippen LogP contribution in [0.4, 0.5) is 24.7 Å². The van der Waals surface area contributed by atoms with E-state index in [1.807, 2.05) is 16.1 Å². The summed E-state index contributed by atoms with van der Waals surface area (Å²) in [5.74, 6) is 0.400. The second-order valence-electron chi connectivity index (χ2n) is 10.1. The van der Waals surface area contributed by atoms with E-state index in [2.05, 4.69) is 20.1 Å². The zero-order valence-electron chi connectivity index (χ0n) is 23.0. The minimum atomic E-state index is -4.91. The van der Waals surface area contributed by atoms with Crippen molar-refractivity contribution in [3.05, 3.63) is 99.4 Å². The minimum Gasteiger partial charge on any atom is -0.461 e. The highest BCUT2D eigenvalue weighted by molar-refractivity contribution is 5.92. The summed E-state index contributed by atoms with van der Waals surface area (Å²) >= 11 is 0. The molecule has 44 heavy (non-hydrogen) atoms. The van der Waals surface area contributed by atoms with Crippen LogP contribution >= 0.6 is 0 Å². The lowest BCUT2D eigenvalue weighted by Gasteiger charge is -2.35. The average Bonchev–Trinajstić information content (AvgIpc) is 3.41. The number of hydrogen-bond acceptors (Lipinski definition) is 10. The summed E-state index contributed by atoms with van der Waals surface area (Å²) in [4.78, 5) is 43.2. The molecule has 1 aromatic carbocycles. The van der Waals surface area contributed by atoms with Gasteiger partial charge in [-0.05, 0) is 29.3 Å². The number of halogens is 3. The Bertz CT molecular complexity index is 1780. The smallest absolute Gasteiger partial charge is 0.423 e. The lowest BCUT2D eigenvalue weighted by Crippen LogP contribution is -2.49. The first-order valence-corrected chi connectivity index (χ1v) is 13.6. The molecule has 2 aliphatic heterocycles. The molecular formula is C29H24F3N9O3. The van der Waals surface area contributed by atoms with Crippen LogP contribution in [0, 0.1) is 11.3 Å². The van der Waals surface area contributed by atoms with Crippen molar-refractivity contribution in [3.63, 3.8) is 0 Å². The number of benzene rings is 1. The molecule has 6 rings (SSSR count). The highest BCUT2D eigenvalue weighted by atomic mass is 19.4. The molecule has 224 valence electrons. The van der Waals surface area contributed by atoms with Crippen molar-refractivity contribution in [3.8, 4) is 12.1 Å². The molecule has 4 aromatic rings. The Labute approximate surface area is 248 Å². The largest absolute Gasteiger partial charge is 0.461 e. The Balaban J connectivity index is 1.16. The lowest BCUT2D eigenvalue weighted by atomic mass is 10.1. The number of ether oxygens (including phenoxy) is 1. The summed E-state index contributed by atoms with van der Waals surface area (Å²) in [5, 5.41) is 14.5. The van der Waals surface area contributed by atoms with Gasteiger partial charge in [-0.1, -0.05) is 24.3 Å². The molecule has 1 fully saturated rings. The predicted octanol–water partition coefficient (Wildman–Crippen LogP) is 2.95. The number of aromatic nitrogens is 5. The van der Waals surface area contributed by atoms with Gasteiger partial charge in [-0.2, -0.15) is 28.5 Å². The number of pyridine rings is 1. The summed E-state index contributed by atoms with van der Waals surface area (Å²) < 4.78 is 47.6. The zero-order chi connectivity index (χ0) is 30.8. The molecule has 0 radical (unpaired) electrons. The van der Waals surface area contributed by atoms with E-state index < -0.39 is 23.3 Å². The average molecular weight is 604 g/mol. The first kappa shape index (κ1) is 28.6. The summed E-state index contributed by atoms with van der Waals surface area (Å²) in [7, 11) is 0.